The van der Waals surface area contributed by atoms with Gasteiger partial charge in [0.25, 0.3) is 0 Å². The van der Waals surface area contributed by atoms with E-state index in [1.54, 1.807) is 13.3 Å². The van der Waals surface area contributed by atoms with Crippen LogP contribution < -0.4 is 10.1 Å². The summed E-state index contributed by atoms with van der Waals surface area (Å²) in [5.41, 5.74) is 4.56. The van der Waals surface area contributed by atoms with Crippen LogP contribution in [0.1, 0.15) is 38.5 Å². The van der Waals surface area contributed by atoms with Crippen molar-refractivity contribution in [1.82, 2.24) is 19.9 Å². The molecule has 6 nitrogen and oxygen atoms in total. The zero-order chi connectivity index (χ0) is 23.4. The summed E-state index contributed by atoms with van der Waals surface area (Å²) < 4.78 is 7.62. The van der Waals surface area contributed by atoms with Gasteiger partial charge in [0.2, 0.25) is 5.91 Å². The van der Waals surface area contributed by atoms with Crippen molar-refractivity contribution in [2.24, 2.45) is 23.2 Å². The van der Waals surface area contributed by atoms with Crippen molar-refractivity contribution < 1.29 is 9.53 Å². The molecule has 4 aliphatic carbocycles. The van der Waals surface area contributed by atoms with E-state index in [9.17, 15) is 4.79 Å². The third kappa shape index (κ3) is 2.71. The highest BCUT2D eigenvalue weighted by Gasteiger charge is 2.71. The molecule has 3 bridgehead atoms. The smallest absolute Gasteiger partial charge is 0.240 e. The number of nitrogens with one attached hydrogen (secondary N) is 2. The predicted octanol–water partition coefficient (Wildman–Crippen LogP) is 5.28. The molecular formula is C29H30N4O2. The molecule has 2 N–H and O–H groups in total. The summed E-state index contributed by atoms with van der Waals surface area (Å²) in [6.45, 7) is 0.328. The van der Waals surface area contributed by atoms with Gasteiger partial charge in [0, 0.05) is 45.5 Å². The van der Waals surface area contributed by atoms with E-state index in [1.165, 1.54) is 38.5 Å². The van der Waals surface area contributed by atoms with Crippen molar-refractivity contribution in [2.45, 2.75) is 50.6 Å². The van der Waals surface area contributed by atoms with Crippen LogP contribution in [0.2, 0.25) is 0 Å². The number of rotatable bonds is 5. The highest BCUT2D eigenvalue weighted by molar-refractivity contribution is 5.99. The first-order chi connectivity index (χ1) is 17.0. The van der Waals surface area contributed by atoms with Gasteiger partial charge in [0.05, 0.1) is 7.11 Å². The fourth-order valence-electron chi connectivity index (χ4n) is 8.85. The maximum Gasteiger partial charge on any atom is 0.240 e. The van der Waals surface area contributed by atoms with E-state index < -0.39 is 0 Å². The van der Waals surface area contributed by atoms with Crippen LogP contribution in [0.15, 0.2) is 48.8 Å². The first-order valence-corrected chi connectivity index (χ1v) is 13.0. The van der Waals surface area contributed by atoms with Crippen LogP contribution >= 0.6 is 0 Å². The number of methoxy groups -OCH3 is 1. The second-order valence-electron chi connectivity index (χ2n) is 11.8. The SMILES string of the molecule is COc1ccc2c(c1)c(-c1cc3cccnc3[nH]1)cn2CC(=O)NC12C[C@H]3C[C@@H]4C[C@@H](C1)C4(C3)C2. The molecule has 178 valence electrons. The lowest BCUT2D eigenvalue weighted by molar-refractivity contribution is -0.124. The van der Waals surface area contributed by atoms with Crippen LogP contribution in [-0.2, 0) is 11.3 Å². The minimum absolute atomic E-state index is 0.0355. The predicted molar refractivity (Wildman–Crippen MR) is 135 cm³/mol. The van der Waals surface area contributed by atoms with Gasteiger partial charge in [-0.15, -0.1) is 0 Å². The van der Waals surface area contributed by atoms with E-state index in [2.05, 4.69) is 50.3 Å². The van der Waals surface area contributed by atoms with E-state index in [0.717, 1.165) is 56.7 Å². The Morgan fingerprint density at radius 3 is 3.03 bits per heavy atom. The molecule has 4 saturated carbocycles. The molecule has 4 aliphatic rings. The molecule has 4 fully saturated rings. The number of nitrogens with zero attached hydrogens (tertiary/aromatic N) is 2. The molecule has 2 unspecified atom stereocenters. The van der Waals surface area contributed by atoms with Crippen molar-refractivity contribution >= 4 is 27.8 Å². The number of aromatic amines is 1. The fraction of sp³-hybridized carbons (Fsp3) is 0.448. The molecule has 35 heavy (non-hydrogen) atoms. The van der Waals surface area contributed by atoms with E-state index in [0.29, 0.717) is 12.0 Å². The monoisotopic (exact) mass is 466 g/mol. The second-order valence-corrected chi connectivity index (χ2v) is 11.8. The van der Waals surface area contributed by atoms with Gasteiger partial charge in [-0.1, -0.05) is 0 Å². The number of carbonyl (C=O) groups is 1. The number of amides is 1. The average molecular weight is 467 g/mol. The van der Waals surface area contributed by atoms with E-state index in [-0.39, 0.29) is 11.4 Å². The number of aromatic nitrogens is 3. The molecule has 3 heterocycles. The number of fused-ring (bicyclic) bond motifs is 4. The number of carbonyl (C=O) groups excluding carboxylic acids is 1. The van der Waals surface area contributed by atoms with Crippen molar-refractivity contribution in [1.29, 1.82) is 0 Å². The lowest BCUT2D eigenvalue weighted by Crippen LogP contribution is -2.50. The van der Waals surface area contributed by atoms with Crippen molar-refractivity contribution in [3.8, 4) is 17.0 Å². The molecule has 6 heteroatoms. The Hall–Kier alpha value is -3.28. The number of benzene rings is 1. The van der Waals surface area contributed by atoms with E-state index >= 15 is 0 Å². The first-order valence-electron chi connectivity index (χ1n) is 13.0. The minimum atomic E-state index is 0.0355. The van der Waals surface area contributed by atoms with Gasteiger partial charge in [-0.25, -0.2) is 4.98 Å². The lowest BCUT2D eigenvalue weighted by atomic mass is 9.56. The highest BCUT2D eigenvalue weighted by atomic mass is 16.5. The summed E-state index contributed by atoms with van der Waals surface area (Å²) in [6, 6.07) is 12.2. The summed E-state index contributed by atoms with van der Waals surface area (Å²) in [5.74, 6) is 3.56. The Morgan fingerprint density at radius 1 is 1.20 bits per heavy atom. The van der Waals surface area contributed by atoms with Gasteiger partial charge in [-0.2, -0.15) is 0 Å². The summed E-state index contributed by atoms with van der Waals surface area (Å²) >= 11 is 0. The maximum atomic E-state index is 13.5. The Balaban J connectivity index is 1.14. The quantitative estimate of drug-likeness (QED) is 0.420. The average Bonchev–Trinajstić information content (AvgIpc) is 3.52. The molecule has 1 aromatic carbocycles. The summed E-state index contributed by atoms with van der Waals surface area (Å²) in [6.07, 6.45) is 11.7. The van der Waals surface area contributed by atoms with Crippen LogP contribution in [0.3, 0.4) is 0 Å². The molecule has 8 rings (SSSR count). The molecule has 5 atom stereocenters. The Kier molecular flexibility index (Phi) is 3.81. The van der Waals surface area contributed by atoms with Crippen molar-refractivity contribution in [3.63, 3.8) is 0 Å². The van der Waals surface area contributed by atoms with Gasteiger partial charge in [0.15, 0.2) is 0 Å². The molecular weight excluding hydrogens is 436 g/mol. The molecule has 1 spiro atoms. The molecule has 1 amide bonds. The zero-order valence-corrected chi connectivity index (χ0v) is 20.0. The molecule has 0 saturated heterocycles. The van der Waals surface area contributed by atoms with Crippen LogP contribution in [0.4, 0.5) is 0 Å². The molecule has 0 aliphatic heterocycles. The van der Waals surface area contributed by atoms with E-state index in [4.69, 9.17) is 4.74 Å². The number of H-pyrrole nitrogens is 1. The third-order valence-electron chi connectivity index (χ3n) is 9.95. The fourth-order valence-corrected chi connectivity index (χ4v) is 8.85. The van der Waals surface area contributed by atoms with Gasteiger partial charge in [-0.05, 0) is 98.1 Å². The molecule has 0 radical (unpaired) electrons. The van der Waals surface area contributed by atoms with Crippen LogP contribution in [-0.4, -0.2) is 33.1 Å². The van der Waals surface area contributed by atoms with Gasteiger partial charge < -0.3 is 19.6 Å². The standard InChI is InChI=1S/C29H30N4O2/c1-35-21-4-5-25-22(10-21)23(24-8-18-3-2-6-30-27(18)31-24)14-33(25)15-26(34)32-28-11-17-7-19-9-20(13-28)29(19,12-17)16-28/h2-6,8,10,14,17,19-20H,7,9,11-13,15-16H2,1H3,(H,30,31)(H,32,34)/t17-,19-,20+,28?,29?/m1/s1. The van der Waals surface area contributed by atoms with Gasteiger partial charge in [-0.3, -0.25) is 4.79 Å². The number of pyridine rings is 1. The summed E-state index contributed by atoms with van der Waals surface area (Å²) in [5, 5.41) is 5.72. The molecule has 3 aromatic heterocycles. The number of hydrogen-bond acceptors (Lipinski definition) is 3. The molecule has 4 aromatic rings. The zero-order valence-electron chi connectivity index (χ0n) is 20.0. The Labute approximate surface area is 204 Å². The van der Waals surface area contributed by atoms with Crippen molar-refractivity contribution in [2.75, 3.05) is 7.11 Å². The normalized spacial score (nSPS) is 32.2. The van der Waals surface area contributed by atoms with Crippen molar-refractivity contribution in [3.05, 3.63) is 48.8 Å². The highest BCUT2D eigenvalue weighted by Crippen LogP contribution is 2.76. The topological polar surface area (TPSA) is 71.9 Å². The summed E-state index contributed by atoms with van der Waals surface area (Å²) in [7, 11) is 1.69. The Bertz CT molecular complexity index is 1480. The Morgan fingerprint density at radius 2 is 2.14 bits per heavy atom. The summed E-state index contributed by atoms with van der Waals surface area (Å²) in [4.78, 5) is 21.4. The van der Waals surface area contributed by atoms with Crippen LogP contribution in [0.25, 0.3) is 33.2 Å². The maximum absolute atomic E-state index is 13.5. The van der Waals surface area contributed by atoms with Crippen LogP contribution in [0, 0.1) is 23.2 Å². The second kappa shape index (κ2) is 6.68. The van der Waals surface area contributed by atoms with E-state index in [1.807, 2.05) is 12.1 Å². The minimum Gasteiger partial charge on any atom is -0.497 e. The lowest BCUT2D eigenvalue weighted by Gasteiger charge is -2.49. The number of ether oxygens (including phenoxy) is 1. The van der Waals surface area contributed by atoms with Gasteiger partial charge >= 0.3 is 0 Å². The number of hydrogen-bond donors (Lipinski definition) is 2. The largest absolute Gasteiger partial charge is 0.497 e. The van der Waals surface area contributed by atoms with Gasteiger partial charge in [0.1, 0.15) is 17.9 Å². The van der Waals surface area contributed by atoms with Crippen LogP contribution in [0.5, 0.6) is 5.75 Å². The third-order valence-corrected chi connectivity index (χ3v) is 9.95. The first kappa shape index (κ1) is 20.0.